The van der Waals surface area contributed by atoms with E-state index in [2.05, 4.69) is 10.2 Å². The molecular formula is C9H20Cl2N2O. The van der Waals surface area contributed by atoms with Crippen LogP contribution in [0.4, 0.5) is 0 Å². The fourth-order valence-electron chi connectivity index (χ4n) is 2.27. The third-order valence-corrected chi connectivity index (χ3v) is 3.02. The number of nitrogens with one attached hydrogen (secondary N) is 1. The van der Waals surface area contributed by atoms with Gasteiger partial charge in [0.05, 0.1) is 6.10 Å². The predicted molar refractivity (Wildman–Crippen MR) is 62.6 cm³/mol. The topological polar surface area (TPSA) is 35.5 Å². The average Bonchev–Trinajstić information content (AvgIpc) is 2.54. The lowest BCUT2D eigenvalue weighted by atomic mass is 10.1. The molecule has 2 heterocycles. The molecule has 2 aliphatic rings. The van der Waals surface area contributed by atoms with Gasteiger partial charge in [-0.1, -0.05) is 0 Å². The van der Waals surface area contributed by atoms with E-state index in [0.29, 0.717) is 0 Å². The van der Waals surface area contributed by atoms with Crippen molar-refractivity contribution in [2.45, 2.75) is 31.4 Å². The van der Waals surface area contributed by atoms with Crippen molar-refractivity contribution in [3.8, 4) is 0 Å². The maximum Gasteiger partial charge on any atom is 0.0679 e. The van der Waals surface area contributed by atoms with Crippen LogP contribution in [0.5, 0.6) is 0 Å². The molecular weight excluding hydrogens is 223 g/mol. The van der Waals surface area contributed by atoms with Crippen molar-refractivity contribution in [2.24, 2.45) is 0 Å². The lowest BCUT2D eigenvalue weighted by Crippen LogP contribution is -2.42. The molecule has 1 unspecified atom stereocenters. The lowest BCUT2D eigenvalue weighted by Gasteiger charge is -2.31. The first-order valence-corrected chi connectivity index (χ1v) is 4.99. The third kappa shape index (κ3) is 3.55. The fraction of sp³-hybridized carbons (Fsp3) is 1.00. The Morgan fingerprint density at radius 3 is 2.21 bits per heavy atom. The van der Waals surface area contributed by atoms with Crippen LogP contribution in [-0.4, -0.2) is 48.3 Å². The van der Waals surface area contributed by atoms with Gasteiger partial charge in [0.15, 0.2) is 0 Å². The molecule has 0 aromatic rings. The first-order valence-electron chi connectivity index (χ1n) is 4.99. The zero-order valence-corrected chi connectivity index (χ0v) is 9.95. The molecule has 2 aliphatic heterocycles. The van der Waals surface area contributed by atoms with Gasteiger partial charge in [0, 0.05) is 19.1 Å². The minimum atomic E-state index is -0.0557. The summed E-state index contributed by atoms with van der Waals surface area (Å²) >= 11 is 0. The summed E-state index contributed by atoms with van der Waals surface area (Å²) in [5, 5.41) is 12.7. The number of hydrogen-bond acceptors (Lipinski definition) is 3. The molecule has 14 heavy (non-hydrogen) atoms. The molecule has 1 atom stereocenters. The zero-order valence-electron chi connectivity index (χ0n) is 8.32. The maximum atomic E-state index is 9.37. The number of halogens is 2. The van der Waals surface area contributed by atoms with Gasteiger partial charge in [0.25, 0.3) is 0 Å². The van der Waals surface area contributed by atoms with Crippen LogP contribution >= 0.6 is 24.8 Å². The second-order valence-electron chi connectivity index (χ2n) is 3.92. The van der Waals surface area contributed by atoms with Crippen molar-refractivity contribution in [1.29, 1.82) is 0 Å². The number of aliphatic hydroxyl groups is 1. The summed E-state index contributed by atoms with van der Waals surface area (Å²) in [6, 6.07) is 0.739. The van der Waals surface area contributed by atoms with Gasteiger partial charge in [-0.3, -0.25) is 4.90 Å². The summed E-state index contributed by atoms with van der Waals surface area (Å²) in [6.07, 6.45) is 3.43. The van der Waals surface area contributed by atoms with E-state index in [4.69, 9.17) is 0 Å². The molecule has 0 aromatic heterocycles. The predicted octanol–water partition coefficient (Wildman–Crippen LogP) is 0.649. The molecule has 0 amide bonds. The first-order chi connectivity index (χ1) is 5.86. The quantitative estimate of drug-likeness (QED) is 0.709. The van der Waals surface area contributed by atoms with Gasteiger partial charge in [-0.2, -0.15) is 0 Å². The highest BCUT2D eigenvalue weighted by atomic mass is 35.5. The molecule has 2 N–H and O–H groups in total. The van der Waals surface area contributed by atoms with Crippen molar-refractivity contribution in [3.05, 3.63) is 0 Å². The van der Waals surface area contributed by atoms with E-state index in [1.807, 2.05) is 0 Å². The van der Waals surface area contributed by atoms with Crippen molar-refractivity contribution in [1.82, 2.24) is 10.2 Å². The van der Waals surface area contributed by atoms with E-state index >= 15 is 0 Å². The molecule has 3 nitrogen and oxygen atoms in total. The monoisotopic (exact) mass is 242 g/mol. The maximum absolute atomic E-state index is 9.37. The largest absolute Gasteiger partial charge is 0.392 e. The summed E-state index contributed by atoms with van der Waals surface area (Å²) < 4.78 is 0. The second kappa shape index (κ2) is 6.85. The molecule has 2 rings (SSSR count). The van der Waals surface area contributed by atoms with Crippen molar-refractivity contribution in [3.63, 3.8) is 0 Å². The normalized spacial score (nSPS) is 29.4. The van der Waals surface area contributed by atoms with Gasteiger partial charge in [-0.15, -0.1) is 24.8 Å². The average molecular weight is 243 g/mol. The summed E-state index contributed by atoms with van der Waals surface area (Å²) in [7, 11) is 0. The molecule has 0 aliphatic carbocycles. The number of piperidine rings is 1. The zero-order chi connectivity index (χ0) is 8.39. The van der Waals surface area contributed by atoms with Crippen LogP contribution in [0.1, 0.15) is 19.3 Å². The van der Waals surface area contributed by atoms with E-state index in [0.717, 1.165) is 38.6 Å². The number of likely N-dealkylation sites (tertiary alicyclic amines) is 1. The molecule has 0 spiro atoms. The van der Waals surface area contributed by atoms with Gasteiger partial charge in [0.1, 0.15) is 0 Å². The van der Waals surface area contributed by atoms with Gasteiger partial charge in [-0.25, -0.2) is 0 Å². The van der Waals surface area contributed by atoms with Crippen LogP contribution in [0.25, 0.3) is 0 Å². The van der Waals surface area contributed by atoms with Crippen molar-refractivity contribution >= 4 is 24.8 Å². The Labute approximate surface area is 98.1 Å². The van der Waals surface area contributed by atoms with Crippen LogP contribution in [-0.2, 0) is 0 Å². The van der Waals surface area contributed by atoms with Crippen molar-refractivity contribution in [2.75, 3.05) is 26.2 Å². The van der Waals surface area contributed by atoms with E-state index in [9.17, 15) is 5.11 Å². The highest BCUT2D eigenvalue weighted by Crippen LogP contribution is 2.18. The molecule has 2 saturated heterocycles. The summed E-state index contributed by atoms with van der Waals surface area (Å²) in [5.74, 6) is 0. The van der Waals surface area contributed by atoms with Crippen LogP contribution in [0.2, 0.25) is 0 Å². The number of rotatable bonds is 1. The summed E-state index contributed by atoms with van der Waals surface area (Å²) in [4.78, 5) is 2.45. The van der Waals surface area contributed by atoms with E-state index in [1.165, 1.54) is 12.8 Å². The lowest BCUT2D eigenvalue weighted by molar-refractivity contribution is 0.145. The smallest absolute Gasteiger partial charge is 0.0679 e. The molecule has 0 bridgehead atoms. The Kier molecular flexibility index (Phi) is 7.08. The Hall–Kier alpha value is 0.460. The van der Waals surface area contributed by atoms with Gasteiger partial charge >= 0.3 is 0 Å². The van der Waals surface area contributed by atoms with E-state index < -0.39 is 0 Å². The number of hydrogen-bond donors (Lipinski definition) is 2. The molecule has 2 fully saturated rings. The first kappa shape index (κ1) is 14.5. The van der Waals surface area contributed by atoms with Gasteiger partial charge < -0.3 is 10.4 Å². The number of aliphatic hydroxyl groups excluding tert-OH is 1. The molecule has 0 aromatic carbocycles. The number of β-amino-alcohol motifs (C(OH)–C–C–N with tert-alkyl or cyclic N) is 1. The SMILES string of the molecule is Cl.Cl.OC1CCN(C2CCNCC2)C1. The Morgan fingerprint density at radius 1 is 1.07 bits per heavy atom. The molecule has 0 saturated carbocycles. The minimum Gasteiger partial charge on any atom is -0.392 e. The highest BCUT2D eigenvalue weighted by molar-refractivity contribution is 5.85. The van der Waals surface area contributed by atoms with Crippen molar-refractivity contribution < 1.29 is 5.11 Å². The van der Waals surface area contributed by atoms with Gasteiger partial charge in [0.2, 0.25) is 0 Å². The minimum absolute atomic E-state index is 0. The molecule has 5 heteroatoms. The van der Waals surface area contributed by atoms with Crippen LogP contribution in [0, 0.1) is 0 Å². The van der Waals surface area contributed by atoms with E-state index in [-0.39, 0.29) is 30.9 Å². The van der Waals surface area contributed by atoms with Crippen LogP contribution in [0.15, 0.2) is 0 Å². The Bertz CT molecular complexity index is 151. The molecule has 86 valence electrons. The Balaban J connectivity index is 0.000000845. The standard InChI is InChI=1S/C9H18N2O.2ClH/c12-9-3-6-11(7-9)8-1-4-10-5-2-8;;/h8-10,12H,1-7H2;2*1H. The highest BCUT2D eigenvalue weighted by Gasteiger charge is 2.27. The van der Waals surface area contributed by atoms with E-state index in [1.54, 1.807) is 0 Å². The molecule has 0 radical (unpaired) electrons. The summed E-state index contributed by atoms with van der Waals surface area (Å²) in [5.41, 5.74) is 0. The van der Waals surface area contributed by atoms with Gasteiger partial charge in [-0.05, 0) is 32.4 Å². The van der Waals surface area contributed by atoms with Crippen LogP contribution in [0.3, 0.4) is 0 Å². The fourth-order valence-corrected chi connectivity index (χ4v) is 2.27. The number of nitrogens with zero attached hydrogens (tertiary/aromatic N) is 1. The third-order valence-electron chi connectivity index (χ3n) is 3.02. The second-order valence-corrected chi connectivity index (χ2v) is 3.92. The van der Waals surface area contributed by atoms with Crippen LogP contribution < -0.4 is 5.32 Å². The summed E-state index contributed by atoms with van der Waals surface area (Å²) in [6.45, 7) is 4.31. The Morgan fingerprint density at radius 2 is 1.71 bits per heavy atom.